The SMILES string of the molecule is CC1(C)CC[C@H](C/C=C\CCCC(=O)O)[C@@H](NC(=O)c2csc3ccc(OS(=O)(=O)c4ccccc4)cc23)C1. The summed E-state index contributed by atoms with van der Waals surface area (Å²) in [6.45, 7) is 4.45. The second kappa shape index (κ2) is 12.3. The molecule has 0 aliphatic heterocycles. The molecule has 0 spiro atoms. The van der Waals surface area contributed by atoms with Gasteiger partial charge in [0.2, 0.25) is 0 Å². The van der Waals surface area contributed by atoms with Crippen LogP contribution in [0.4, 0.5) is 0 Å². The fourth-order valence-corrected chi connectivity index (χ4v) is 6.96. The number of rotatable bonds is 11. The van der Waals surface area contributed by atoms with E-state index in [9.17, 15) is 18.0 Å². The normalized spacial score (nSPS) is 19.2. The third kappa shape index (κ3) is 7.70. The van der Waals surface area contributed by atoms with Gasteiger partial charge < -0.3 is 14.6 Å². The van der Waals surface area contributed by atoms with E-state index < -0.39 is 16.1 Å². The lowest BCUT2D eigenvalue weighted by atomic mass is 9.69. The zero-order chi connectivity index (χ0) is 28.0. The van der Waals surface area contributed by atoms with E-state index in [-0.39, 0.29) is 40.3 Å². The Labute approximate surface area is 234 Å². The molecular formula is C30H35NO6S2. The van der Waals surface area contributed by atoms with Crippen molar-refractivity contribution in [3.05, 3.63) is 71.6 Å². The summed E-state index contributed by atoms with van der Waals surface area (Å²) in [6.07, 6.45) is 9.43. The van der Waals surface area contributed by atoms with E-state index in [0.717, 1.165) is 36.8 Å². The van der Waals surface area contributed by atoms with Gasteiger partial charge in [0, 0.05) is 27.9 Å². The summed E-state index contributed by atoms with van der Waals surface area (Å²) in [4.78, 5) is 24.3. The van der Waals surface area contributed by atoms with Crippen molar-refractivity contribution in [3.8, 4) is 5.75 Å². The van der Waals surface area contributed by atoms with Crippen molar-refractivity contribution in [3.63, 3.8) is 0 Å². The predicted molar refractivity (Wildman–Crippen MR) is 154 cm³/mol. The van der Waals surface area contributed by atoms with Gasteiger partial charge in [0.05, 0.1) is 5.56 Å². The van der Waals surface area contributed by atoms with Crippen LogP contribution in [-0.4, -0.2) is 31.4 Å². The molecule has 2 atom stereocenters. The third-order valence-corrected chi connectivity index (χ3v) is 9.47. The van der Waals surface area contributed by atoms with Crippen molar-refractivity contribution in [1.82, 2.24) is 5.32 Å². The summed E-state index contributed by atoms with van der Waals surface area (Å²) in [6, 6.07) is 12.9. The molecule has 2 aromatic carbocycles. The van der Waals surface area contributed by atoms with Gasteiger partial charge in [-0.2, -0.15) is 8.42 Å². The fourth-order valence-electron chi connectivity index (χ4n) is 5.10. The summed E-state index contributed by atoms with van der Waals surface area (Å²) in [5.74, 6) is -0.512. The van der Waals surface area contributed by atoms with E-state index in [1.54, 1.807) is 41.8 Å². The van der Waals surface area contributed by atoms with Gasteiger partial charge in [-0.1, -0.05) is 44.2 Å². The van der Waals surface area contributed by atoms with E-state index in [0.29, 0.717) is 17.4 Å². The van der Waals surface area contributed by atoms with Crippen LogP contribution in [0.2, 0.25) is 0 Å². The maximum Gasteiger partial charge on any atom is 0.339 e. The van der Waals surface area contributed by atoms with Gasteiger partial charge in [0.25, 0.3) is 5.91 Å². The first-order valence-corrected chi connectivity index (χ1v) is 15.5. The van der Waals surface area contributed by atoms with E-state index in [2.05, 4.69) is 25.2 Å². The highest BCUT2D eigenvalue weighted by Crippen LogP contribution is 2.40. The van der Waals surface area contributed by atoms with Crippen LogP contribution >= 0.6 is 11.3 Å². The molecule has 1 aromatic heterocycles. The van der Waals surface area contributed by atoms with Crippen LogP contribution in [0.25, 0.3) is 10.1 Å². The van der Waals surface area contributed by atoms with Crippen LogP contribution in [0.15, 0.2) is 71.0 Å². The number of carbonyl (C=O) groups excluding carboxylic acids is 1. The minimum Gasteiger partial charge on any atom is -0.481 e. The first-order chi connectivity index (χ1) is 18.5. The number of allylic oxidation sites excluding steroid dienone is 2. The van der Waals surface area contributed by atoms with Gasteiger partial charge in [0.1, 0.15) is 10.6 Å². The van der Waals surface area contributed by atoms with Crippen LogP contribution in [-0.2, 0) is 14.9 Å². The maximum atomic E-state index is 13.5. The fraction of sp³-hybridized carbons (Fsp3) is 0.400. The van der Waals surface area contributed by atoms with Crippen LogP contribution in [0.5, 0.6) is 5.75 Å². The third-order valence-electron chi connectivity index (χ3n) is 7.24. The molecule has 1 aliphatic carbocycles. The van der Waals surface area contributed by atoms with E-state index >= 15 is 0 Å². The molecule has 0 unspecified atom stereocenters. The Bertz CT molecular complexity index is 1440. The second-order valence-electron chi connectivity index (χ2n) is 10.9. The number of hydrogen-bond acceptors (Lipinski definition) is 6. The van der Waals surface area contributed by atoms with Crippen molar-refractivity contribution >= 4 is 43.4 Å². The Morgan fingerprint density at radius 2 is 1.92 bits per heavy atom. The molecule has 39 heavy (non-hydrogen) atoms. The molecule has 7 nitrogen and oxygen atoms in total. The average Bonchev–Trinajstić information content (AvgIpc) is 3.30. The van der Waals surface area contributed by atoms with Gasteiger partial charge in [-0.15, -0.1) is 11.3 Å². The zero-order valence-corrected chi connectivity index (χ0v) is 23.9. The van der Waals surface area contributed by atoms with Gasteiger partial charge in [-0.3, -0.25) is 9.59 Å². The molecule has 2 N–H and O–H groups in total. The molecule has 3 aromatic rings. The van der Waals surface area contributed by atoms with E-state index in [1.165, 1.54) is 23.5 Å². The number of hydrogen-bond donors (Lipinski definition) is 2. The number of carbonyl (C=O) groups is 2. The van der Waals surface area contributed by atoms with Crippen molar-refractivity contribution < 1.29 is 27.3 Å². The molecule has 9 heteroatoms. The Hall–Kier alpha value is -3.17. The maximum absolute atomic E-state index is 13.5. The highest BCUT2D eigenvalue weighted by Gasteiger charge is 2.35. The van der Waals surface area contributed by atoms with Crippen molar-refractivity contribution in [2.24, 2.45) is 11.3 Å². The quantitative estimate of drug-likeness (QED) is 0.149. The van der Waals surface area contributed by atoms with Crippen molar-refractivity contribution in [1.29, 1.82) is 0 Å². The number of thiophene rings is 1. The summed E-state index contributed by atoms with van der Waals surface area (Å²) < 4.78 is 31.7. The topological polar surface area (TPSA) is 110 Å². The smallest absolute Gasteiger partial charge is 0.339 e. The van der Waals surface area contributed by atoms with E-state index in [4.69, 9.17) is 9.29 Å². The van der Waals surface area contributed by atoms with Gasteiger partial charge >= 0.3 is 16.1 Å². The summed E-state index contributed by atoms with van der Waals surface area (Å²) >= 11 is 1.43. The van der Waals surface area contributed by atoms with Gasteiger partial charge in [-0.25, -0.2) is 0 Å². The minimum absolute atomic E-state index is 0.00207. The molecule has 1 aliphatic rings. The minimum atomic E-state index is -3.99. The number of aliphatic carboxylic acids is 1. The first-order valence-electron chi connectivity index (χ1n) is 13.2. The molecule has 0 radical (unpaired) electrons. The Kier molecular flexibility index (Phi) is 9.12. The van der Waals surface area contributed by atoms with Crippen molar-refractivity contribution in [2.75, 3.05) is 0 Å². The number of amides is 1. The Balaban J connectivity index is 1.48. The summed E-state index contributed by atoms with van der Waals surface area (Å²) in [5, 5.41) is 14.5. The molecular weight excluding hydrogens is 534 g/mol. The molecule has 1 heterocycles. The summed E-state index contributed by atoms with van der Waals surface area (Å²) in [7, 11) is -3.99. The number of nitrogens with one attached hydrogen (secondary N) is 1. The largest absolute Gasteiger partial charge is 0.481 e. The monoisotopic (exact) mass is 569 g/mol. The highest BCUT2D eigenvalue weighted by molar-refractivity contribution is 7.87. The second-order valence-corrected chi connectivity index (χ2v) is 13.4. The van der Waals surface area contributed by atoms with Gasteiger partial charge in [-0.05, 0) is 80.2 Å². The number of unbranched alkanes of at least 4 members (excludes halogenated alkanes) is 1. The Morgan fingerprint density at radius 1 is 1.15 bits per heavy atom. The number of benzene rings is 2. The number of fused-ring (bicyclic) bond motifs is 1. The van der Waals surface area contributed by atoms with Gasteiger partial charge in [0.15, 0.2) is 0 Å². The molecule has 4 rings (SSSR count). The molecule has 0 saturated heterocycles. The molecule has 0 bridgehead atoms. The predicted octanol–water partition coefficient (Wildman–Crippen LogP) is 6.79. The lowest BCUT2D eigenvalue weighted by molar-refractivity contribution is -0.137. The van der Waals surface area contributed by atoms with Crippen LogP contribution in [0, 0.1) is 11.3 Å². The zero-order valence-electron chi connectivity index (χ0n) is 22.3. The molecule has 208 valence electrons. The standard InChI is InChI=1S/C30H35NO6S2/c1-30(2)17-16-21(10-6-3-4-9-13-28(32)33)26(19-30)31-29(34)25-20-38-27-15-14-22(18-24(25)27)37-39(35,36)23-11-7-5-8-12-23/h3,5-8,11-12,14-15,18,20-21,26H,4,9-10,13,16-17,19H2,1-2H3,(H,31,34)(H,32,33)/b6-3-/t21-,26-/m0/s1. The average molecular weight is 570 g/mol. The van der Waals surface area contributed by atoms with Crippen molar-refractivity contribution in [2.45, 2.75) is 69.7 Å². The molecule has 1 saturated carbocycles. The van der Waals surface area contributed by atoms with Crippen LogP contribution in [0.1, 0.15) is 69.2 Å². The van der Waals surface area contributed by atoms with E-state index in [1.807, 2.05) is 6.08 Å². The number of carboxylic acids is 1. The highest BCUT2D eigenvalue weighted by atomic mass is 32.2. The first kappa shape index (κ1) is 28.8. The molecule has 1 fully saturated rings. The summed E-state index contributed by atoms with van der Waals surface area (Å²) in [5.41, 5.74) is 0.618. The van der Waals surface area contributed by atoms with Crippen LogP contribution in [0.3, 0.4) is 0 Å². The lowest BCUT2D eigenvalue weighted by Crippen LogP contribution is -2.46. The molecule has 1 amide bonds. The van der Waals surface area contributed by atoms with Crippen LogP contribution < -0.4 is 9.50 Å². The Morgan fingerprint density at radius 3 is 2.67 bits per heavy atom. The lowest BCUT2D eigenvalue weighted by Gasteiger charge is -2.41. The number of carboxylic acid groups (broad SMARTS) is 1.